The summed E-state index contributed by atoms with van der Waals surface area (Å²) >= 11 is 0. The number of rotatable bonds is 5. The Kier molecular flexibility index (Phi) is 7.05. The van der Waals surface area contributed by atoms with Gasteiger partial charge in [-0.1, -0.05) is 47.1 Å². The molecule has 3 heterocycles. The van der Waals surface area contributed by atoms with E-state index in [1.54, 1.807) is 13.0 Å². The predicted octanol–water partition coefficient (Wildman–Crippen LogP) is 5.46. The normalized spacial score (nSPS) is 20.3. The highest BCUT2D eigenvalue weighted by Crippen LogP contribution is 2.36. The minimum Gasteiger partial charge on any atom is -0.355 e. The number of fused-ring (bicyclic) bond motifs is 1. The van der Waals surface area contributed by atoms with Gasteiger partial charge in [-0.05, 0) is 88.3 Å². The van der Waals surface area contributed by atoms with Gasteiger partial charge in [-0.2, -0.15) is 4.31 Å². The van der Waals surface area contributed by atoms with Gasteiger partial charge in [-0.15, -0.1) is 0 Å². The van der Waals surface area contributed by atoms with Gasteiger partial charge in [0.2, 0.25) is 15.9 Å². The molecule has 2 aromatic carbocycles. The average molecular weight is 534 g/mol. The van der Waals surface area contributed by atoms with Crippen LogP contribution in [0.1, 0.15) is 59.0 Å². The second-order valence-electron chi connectivity index (χ2n) is 10.7. The second-order valence-corrected chi connectivity index (χ2v) is 12.6. The molecule has 8 heteroatoms. The van der Waals surface area contributed by atoms with Crippen LogP contribution in [-0.4, -0.2) is 42.9 Å². The van der Waals surface area contributed by atoms with E-state index in [2.05, 4.69) is 30.3 Å². The Hall–Kier alpha value is -3.23. The van der Waals surface area contributed by atoms with Crippen LogP contribution in [0.15, 0.2) is 45.8 Å². The molecule has 0 N–H and O–H groups in total. The molecule has 1 amide bonds. The number of aryl methyl sites for hydroxylation is 4. The third kappa shape index (κ3) is 4.71. The largest absolute Gasteiger partial charge is 0.355 e. The van der Waals surface area contributed by atoms with Gasteiger partial charge >= 0.3 is 0 Å². The fourth-order valence-electron chi connectivity index (χ4n) is 6.00. The SMILES string of the molecule is Cc1cc(C)c(/C=C/c2onc(C)c2S(=O)(=O)N2CCCC(C(=O)N3c4ccccc4CC3C)C2)c(C)c1. The molecule has 7 nitrogen and oxygen atoms in total. The molecule has 38 heavy (non-hydrogen) atoms. The number of hydrogen-bond acceptors (Lipinski definition) is 5. The van der Waals surface area contributed by atoms with Crippen LogP contribution in [0.4, 0.5) is 5.69 Å². The summed E-state index contributed by atoms with van der Waals surface area (Å²) < 4.78 is 34.7. The third-order valence-corrected chi connectivity index (χ3v) is 9.77. The number of amides is 1. The van der Waals surface area contributed by atoms with Crippen molar-refractivity contribution in [2.75, 3.05) is 18.0 Å². The van der Waals surface area contributed by atoms with Gasteiger partial charge in [0.1, 0.15) is 5.69 Å². The quantitative estimate of drug-likeness (QED) is 0.435. The summed E-state index contributed by atoms with van der Waals surface area (Å²) in [6.45, 7) is 10.3. The Morgan fingerprint density at radius 1 is 1.08 bits per heavy atom. The molecule has 3 aromatic rings. The first-order chi connectivity index (χ1) is 18.1. The molecule has 0 aliphatic carbocycles. The summed E-state index contributed by atoms with van der Waals surface area (Å²) in [4.78, 5) is 15.6. The molecule has 0 saturated carbocycles. The highest BCUT2D eigenvalue weighted by Gasteiger charge is 2.40. The zero-order valence-corrected chi connectivity index (χ0v) is 23.5. The van der Waals surface area contributed by atoms with Gasteiger partial charge in [0, 0.05) is 24.8 Å². The van der Waals surface area contributed by atoms with Crippen molar-refractivity contribution in [3.05, 3.63) is 75.7 Å². The number of anilines is 1. The van der Waals surface area contributed by atoms with Crippen molar-refractivity contribution < 1.29 is 17.7 Å². The van der Waals surface area contributed by atoms with E-state index in [1.165, 1.54) is 9.87 Å². The molecule has 2 unspecified atom stereocenters. The number of hydrogen-bond donors (Lipinski definition) is 0. The Bertz CT molecular complexity index is 1500. The van der Waals surface area contributed by atoms with Crippen LogP contribution >= 0.6 is 0 Å². The fraction of sp³-hybridized carbons (Fsp3) is 0.400. The molecule has 0 bridgehead atoms. The van der Waals surface area contributed by atoms with Gasteiger partial charge in [-0.3, -0.25) is 4.79 Å². The first kappa shape index (κ1) is 26.4. The first-order valence-corrected chi connectivity index (χ1v) is 14.6. The smallest absolute Gasteiger partial charge is 0.248 e. The summed E-state index contributed by atoms with van der Waals surface area (Å²) in [5, 5.41) is 3.99. The maximum Gasteiger partial charge on any atom is 0.248 e. The van der Waals surface area contributed by atoms with Gasteiger partial charge in [0.15, 0.2) is 10.7 Å². The van der Waals surface area contributed by atoms with Crippen molar-refractivity contribution in [3.63, 3.8) is 0 Å². The molecule has 1 fully saturated rings. The van der Waals surface area contributed by atoms with E-state index in [9.17, 15) is 13.2 Å². The average Bonchev–Trinajstić information content (AvgIpc) is 3.41. The van der Waals surface area contributed by atoms with E-state index in [1.807, 2.05) is 49.9 Å². The molecular formula is C30H35N3O4S. The van der Waals surface area contributed by atoms with Crippen LogP contribution < -0.4 is 4.90 Å². The highest BCUT2D eigenvalue weighted by atomic mass is 32.2. The van der Waals surface area contributed by atoms with Crippen molar-refractivity contribution in [3.8, 4) is 0 Å². The lowest BCUT2D eigenvalue weighted by Crippen LogP contribution is -2.48. The van der Waals surface area contributed by atoms with Crippen molar-refractivity contribution in [1.29, 1.82) is 0 Å². The van der Waals surface area contributed by atoms with Crippen LogP contribution in [0, 0.1) is 33.6 Å². The number of nitrogens with zero attached hydrogens (tertiary/aromatic N) is 3. The Morgan fingerprint density at radius 2 is 1.79 bits per heavy atom. The van der Waals surface area contributed by atoms with Gasteiger partial charge in [-0.25, -0.2) is 8.42 Å². The van der Waals surface area contributed by atoms with Crippen molar-refractivity contribution in [2.45, 2.75) is 64.8 Å². The second kappa shape index (κ2) is 10.2. The monoisotopic (exact) mass is 533 g/mol. The van der Waals surface area contributed by atoms with E-state index in [0.717, 1.165) is 34.4 Å². The molecule has 5 rings (SSSR count). The topological polar surface area (TPSA) is 83.7 Å². The molecule has 1 saturated heterocycles. The molecule has 0 radical (unpaired) electrons. The molecule has 2 atom stereocenters. The zero-order chi connectivity index (χ0) is 27.2. The van der Waals surface area contributed by atoms with Crippen LogP contribution in [-0.2, 0) is 21.2 Å². The Morgan fingerprint density at radius 3 is 2.53 bits per heavy atom. The van der Waals surface area contributed by atoms with Crippen LogP contribution in [0.3, 0.4) is 0 Å². The summed E-state index contributed by atoms with van der Waals surface area (Å²) in [6, 6.07) is 12.2. The molecule has 200 valence electrons. The predicted molar refractivity (Wildman–Crippen MR) is 149 cm³/mol. The number of para-hydroxylation sites is 1. The lowest BCUT2D eigenvalue weighted by atomic mass is 9.97. The molecule has 0 spiro atoms. The lowest BCUT2D eigenvalue weighted by Gasteiger charge is -2.34. The minimum absolute atomic E-state index is 0.00479. The Labute approximate surface area is 225 Å². The summed E-state index contributed by atoms with van der Waals surface area (Å²) in [5.41, 5.74) is 6.83. The standard InChI is InChI=1S/C30H35N3O4S/c1-19-15-20(2)26(21(3)16-19)12-13-28-29(23(5)31-37-28)38(35,36)32-14-8-10-25(18-32)30(34)33-22(4)17-24-9-6-7-11-27(24)33/h6-7,9,11-13,15-16,22,25H,8,10,14,17-18H2,1-5H3/b13-12+. The van der Waals surface area contributed by atoms with Gasteiger partial charge in [0.25, 0.3) is 0 Å². The van der Waals surface area contributed by atoms with E-state index < -0.39 is 15.9 Å². The number of piperidine rings is 1. The maximum atomic E-state index is 13.9. The van der Waals surface area contributed by atoms with E-state index in [0.29, 0.717) is 25.1 Å². The first-order valence-electron chi connectivity index (χ1n) is 13.2. The van der Waals surface area contributed by atoms with Crippen LogP contribution in [0.2, 0.25) is 0 Å². The number of benzene rings is 2. The van der Waals surface area contributed by atoms with Crippen molar-refractivity contribution >= 4 is 33.8 Å². The molecule has 2 aliphatic heterocycles. The van der Waals surface area contributed by atoms with Gasteiger partial charge in [0.05, 0.1) is 5.92 Å². The number of carbonyl (C=O) groups excluding carboxylic acids is 1. The van der Waals surface area contributed by atoms with Crippen molar-refractivity contribution in [2.24, 2.45) is 5.92 Å². The highest BCUT2D eigenvalue weighted by molar-refractivity contribution is 7.89. The Balaban J connectivity index is 1.41. The third-order valence-electron chi connectivity index (χ3n) is 7.75. The van der Waals surface area contributed by atoms with Crippen molar-refractivity contribution in [1.82, 2.24) is 9.46 Å². The molecule has 1 aromatic heterocycles. The van der Waals surface area contributed by atoms with Crippen LogP contribution in [0.25, 0.3) is 12.2 Å². The maximum absolute atomic E-state index is 13.9. The summed E-state index contributed by atoms with van der Waals surface area (Å²) in [6.07, 6.45) is 5.67. The summed E-state index contributed by atoms with van der Waals surface area (Å²) in [5.74, 6) is -0.198. The van der Waals surface area contributed by atoms with E-state index >= 15 is 0 Å². The zero-order valence-electron chi connectivity index (χ0n) is 22.7. The van der Waals surface area contributed by atoms with E-state index in [-0.39, 0.29) is 29.1 Å². The van der Waals surface area contributed by atoms with E-state index in [4.69, 9.17) is 4.52 Å². The van der Waals surface area contributed by atoms with Gasteiger partial charge < -0.3 is 9.42 Å². The fourth-order valence-corrected chi connectivity index (χ4v) is 7.78. The number of sulfonamides is 1. The summed E-state index contributed by atoms with van der Waals surface area (Å²) in [7, 11) is -3.92. The molecule has 2 aliphatic rings. The minimum atomic E-state index is -3.92. The lowest BCUT2D eigenvalue weighted by molar-refractivity contribution is -0.123. The van der Waals surface area contributed by atoms with Crippen LogP contribution in [0.5, 0.6) is 0 Å². The number of carbonyl (C=O) groups is 1. The number of aromatic nitrogens is 1. The molecular weight excluding hydrogens is 498 g/mol.